The molecule has 0 atom stereocenters. The third kappa shape index (κ3) is 3.37. The van der Waals surface area contributed by atoms with Crippen LogP contribution in [0.1, 0.15) is 26.7 Å². The van der Waals surface area contributed by atoms with Crippen LogP contribution < -0.4 is 5.73 Å². The van der Waals surface area contributed by atoms with Crippen LogP contribution in [0.25, 0.3) is 0 Å². The van der Waals surface area contributed by atoms with E-state index in [4.69, 9.17) is 17.3 Å². The molecule has 6 heteroatoms. The van der Waals surface area contributed by atoms with Crippen molar-refractivity contribution < 1.29 is 8.42 Å². The highest BCUT2D eigenvalue weighted by Crippen LogP contribution is 2.26. The first-order valence-electron chi connectivity index (χ1n) is 5.98. The highest BCUT2D eigenvalue weighted by molar-refractivity contribution is 7.89. The van der Waals surface area contributed by atoms with Crippen LogP contribution in [0.5, 0.6) is 0 Å². The third-order valence-corrected chi connectivity index (χ3v) is 5.14. The Bertz CT molecular complexity index is 503. The van der Waals surface area contributed by atoms with Gasteiger partial charge in [0, 0.05) is 18.8 Å². The zero-order valence-electron chi connectivity index (χ0n) is 10.7. The van der Waals surface area contributed by atoms with Gasteiger partial charge < -0.3 is 5.73 Å². The summed E-state index contributed by atoms with van der Waals surface area (Å²) < 4.78 is 26.3. The molecule has 2 N–H and O–H groups in total. The van der Waals surface area contributed by atoms with Gasteiger partial charge in [0.1, 0.15) is 4.90 Å². The van der Waals surface area contributed by atoms with E-state index in [1.165, 1.54) is 16.4 Å². The Kier molecular flexibility index (Phi) is 5.44. The van der Waals surface area contributed by atoms with Crippen molar-refractivity contribution >= 4 is 27.3 Å². The van der Waals surface area contributed by atoms with Crippen LogP contribution in [-0.2, 0) is 10.0 Å². The Balaban J connectivity index is 3.14. The highest BCUT2D eigenvalue weighted by atomic mass is 35.5. The van der Waals surface area contributed by atoms with Crippen molar-refractivity contribution in [1.82, 2.24) is 4.31 Å². The number of unbranched alkanes of at least 4 members (excludes halogenated alkanes) is 1. The minimum Gasteiger partial charge on any atom is -0.399 e. The van der Waals surface area contributed by atoms with E-state index in [0.717, 1.165) is 12.8 Å². The van der Waals surface area contributed by atoms with E-state index >= 15 is 0 Å². The molecule has 0 aromatic heterocycles. The number of nitrogen functional groups attached to an aromatic ring is 1. The van der Waals surface area contributed by atoms with Crippen molar-refractivity contribution in [3.63, 3.8) is 0 Å². The normalized spacial score (nSPS) is 12.0. The van der Waals surface area contributed by atoms with E-state index in [1.807, 2.05) is 13.8 Å². The molecule has 0 amide bonds. The molecule has 0 saturated carbocycles. The molecule has 0 fully saturated rings. The Morgan fingerprint density at radius 2 is 2.00 bits per heavy atom. The topological polar surface area (TPSA) is 63.4 Å². The minimum absolute atomic E-state index is 0.0853. The van der Waals surface area contributed by atoms with Gasteiger partial charge in [-0.3, -0.25) is 0 Å². The summed E-state index contributed by atoms with van der Waals surface area (Å²) in [5.41, 5.74) is 6.02. The fourth-order valence-corrected chi connectivity index (χ4v) is 3.64. The summed E-state index contributed by atoms with van der Waals surface area (Å²) in [6.07, 6.45) is 1.77. The summed E-state index contributed by atoms with van der Waals surface area (Å²) in [5.74, 6) is 0. The summed E-state index contributed by atoms with van der Waals surface area (Å²) in [6, 6.07) is 4.51. The van der Waals surface area contributed by atoms with Crippen LogP contribution in [0, 0.1) is 0 Å². The zero-order valence-corrected chi connectivity index (χ0v) is 12.3. The Morgan fingerprint density at radius 3 is 2.56 bits per heavy atom. The second-order valence-electron chi connectivity index (χ2n) is 4.04. The van der Waals surface area contributed by atoms with Gasteiger partial charge in [0.05, 0.1) is 5.02 Å². The number of nitrogens with zero attached hydrogens (tertiary/aromatic N) is 1. The first-order chi connectivity index (χ1) is 8.43. The highest BCUT2D eigenvalue weighted by Gasteiger charge is 2.25. The summed E-state index contributed by atoms with van der Waals surface area (Å²) in [7, 11) is -3.56. The number of sulfonamides is 1. The molecule has 102 valence electrons. The lowest BCUT2D eigenvalue weighted by Crippen LogP contribution is -2.32. The molecule has 1 aromatic rings. The van der Waals surface area contributed by atoms with Crippen molar-refractivity contribution in [2.75, 3.05) is 18.8 Å². The molecule has 0 heterocycles. The van der Waals surface area contributed by atoms with Crippen LogP contribution in [-0.4, -0.2) is 25.8 Å². The molecule has 0 bridgehead atoms. The van der Waals surface area contributed by atoms with Crippen LogP contribution in [0.4, 0.5) is 5.69 Å². The van der Waals surface area contributed by atoms with E-state index in [0.29, 0.717) is 18.8 Å². The van der Waals surface area contributed by atoms with E-state index in [2.05, 4.69) is 0 Å². The Labute approximate surface area is 114 Å². The quantitative estimate of drug-likeness (QED) is 0.819. The molecule has 0 saturated heterocycles. The van der Waals surface area contributed by atoms with Crippen molar-refractivity contribution in [3.05, 3.63) is 23.2 Å². The van der Waals surface area contributed by atoms with Crippen molar-refractivity contribution in [2.24, 2.45) is 0 Å². The van der Waals surface area contributed by atoms with E-state index in [9.17, 15) is 8.42 Å². The average molecular weight is 291 g/mol. The third-order valence-electron chi connectivity index (χ3n) is 2.69. The molecule has 0 aliphatic rings. The molecule has 4 nitrogen and oxygen atoms in total. The monoisotopic (exact) mass is 290 g/mol. The first kappa shape index (κ1) is 15.3. The lowest BCUT2D eigenvalue weighted by Gasteiger charge is -2.21. The van der Waals surface area contributed by atoms with E-state index in [1.54, 1.807) is 6.07 Å². The SMILES string of the molecule is CCCCN(CC)S(=O)(=O)c1cc(N)ccc1Cl. The van der Waals surface area contributed by atoms with Gasteiger partial charge in [-0.1, -0.05) is 31.9 Å². The van der Waals surface area contributed by atoms with E-state index < -0.39 is 10.0 Å². The molecule has 1 rings (SSSR count). The molecule has 1 aromatic carbocycles. The van der Waals surface area contributed by atoms with Crippen LogP contribution in [0.2, 0.25) is 5.02 Å². The fourth-order valence-electron chi connectivity index (χ4n) is 1.64. The van der Waals surface area contributed by atoms with Crippen molar-refractivity contribution in [2.45, 2.75) is 31.6 Å². The number of nitrogens with two attached hydrogens (primary N) is 1. The van der Waals surface area contributed by atoms with Gasteiger partial charge in [-0.05, 0) is 24.6 Å². The fraction of sp³-hybridized carbons (Fsp3) is 0.500. The Hall–Kier alpha value is -0.780. The van der Waals surface area contributed by atoms with Crippen LogP contribution >= 0.6 is 11.6 Å². The predicted octanol–water partition coefficient (Wildman–Crippen LogP) is 2.73. The number of halogens is 1. The molecule has 0 aliphatic carbocycles. The van der Waals surface area contributed by atoms with Gasteiger partial charge in [-0.25, -0.2) is 8.42 Å². The maximum absolute atomic E-state index is 12.4. The van der Waals surface area contributed by atoms with E-state index in [-0.39, 0.29) is 9.92 Å². The van der Waals surface area contributed by atoms with Gasteiger partial charge >= 0.3 is 0 Å². The average Bonchev–Trinajstić information content (AvgIpc) is 2.33. The standard InChI is InChI=1S/C12H19ClN2O2S/c1-3-5-8-15(4-2)18(16,17)12-9-10(14)6-7-11(12)13/h6-7,9H,3-5,8,14H2,1-2H3. The van der Waals surface area contributed by atoms with Gasteiger partial charge in [-0.15, -0.1) is 0 Å². The number of hydrogen-bond donors (Lipinski definition) is 1. The smallest absolute Gasteiger partial charge is 0.244 e. The lowest BCUT2D eigenvalue weighted by molar-refractivity contribution is 0.419. The summed E-state index contributed by atoms with van der Waals surface area (Å²) in [5, 5.41) is 0.208. The number of hydrogen-bond acceptors (Lipinski definition) is 3. The first-order valence-corrected chi connectivity index (χ1v) is 7.80. The second-order valence-corrected chi connectivity index (χ2v) is 6.35. The summed E-state index contributed by atoms with van der Waals surface area (Å²) >= 11 is 5.95. The zero-order chi connectivity index (χ0) is 13.8. The lowest BCUT2D eigenvalue weighted by atomic mass is 10.3. The number of rotatable bonds is 6. The Morgan fingerprint density at radius 1 is 1.33 bits per heavy atom. The second kappa shape index (κ2) is 6.41. The minimum atomic E-state index is -3.56. The molecule has 0 spiro atoms. The van der Waals surface area contributed by atoms with Crippen LogP contribution in [0.15, 0.2) is 23.1 Å². The maximum Gasteiger partial charge on any atom is 0.244 e. The number of benzene rings is 1. The molecular formula is C12H19ClN2O2S. The van der Waals surface area contributed by atoms with Gasteiger partial charge in [0.25, 0.3) is 0 Å². The summed E-state index contributed by atoms with van der Waals surface area (Å²) in [4.78, 5) is 0.0853. The molecule has 0 radical (unpaired) electrons. The maximum atomic E-state index is 12.4. The van der Waals surface area contributed by atoms with Gasteiger partial charge in [0.2, 0.25) is 10.0 Å². The van der Waals surface area contributed by atoms with Crippen molar-refractivity contribution in [3.8, 4) is 0 Å². The molecule has 18 heavy (non-hydrogen) atoms. The number of anilines is 1. The summed E-state index contributed by atoms with van der Waals surface area (Å²) in [6.45, 7) is 4.76. The molecule has 0 unspecified atom stereocenters. The largest absolute Gasteiger partial charge is 0.399 e. The molecule has 0 aliphatic heterocycles. The predicted molar refractivity (Wildman–Crippen MR) is 75.2 cm³/mol. The molecular weight excluding hydrogens is 272 g/mol. The van der Waals surface area contributed by atoms with Gasteiger partial charge in [0.15, 0.2) is 0 Å². The van der Waals surface area contributed by atoms with Crippen LogP contribution in [0.3, 0.4) is 0 Å². The van der Waals surface area contributed by atoms with Gasteiger partial charge in [-0.2, -0.15) is 4.31 Å². The van der Waals surface area contributed by atoms with Crippen molar-refractivity contribution in [1.29, 1.82) is 0 Å².